The third kappa shape index (κ3) is 4.28. The summed E-state index contributed by atoms with van der Waals surface area (Å²) in [6.07, 6.45) is 10.9. The highest BCUT2D eigenvalue weighted by Gasteiger charge is 2.27. The van der Waals surface area contributed by atoms with Crippen LogP contribution in [0.15, 0.2) is 36.9 Å². The smallest absolute Gasteiger partial charge is 0.228 e. The van der Waals surface area contributed by atoms with E-state index >= 15 is 0 Å². The first-order chi connectivity index (χ1) is 13.2. The molecule has 1 atom stereocenters. The van der Waals surface area contributed by atoms with Crippen molar-refractivity contribution in [2.45, 2.75) is 38.8 Å². The predicted molar refractivity (Wildman–Crippen MR) is 102 cm³/mol. The van der Waals surface area contributed by atoms with Crippen molar-refractivity contribution in [2.75, 3.05) is 11.9 Å². The number of piperidine rings is 1. The third-order valence-corrected chi connectivity index (χ3v) is 4.73. The Morgan fingerprint density at radius 3 is 2.81 bits per heavy atom. The van der Waals surface area contributed by atoms with Crippen LogP contribution in [0, 0.1) is 6.92 Å². The van der Waals surface area contributed by atoms with E-state index in [-0.39, 0.29) is 6.04 Å². The molecule has 4 rings (SSSR count). The zero-order valence-electron chi connectivity index (χ0n) is 15.7. The molecule has 8 heteroatoms. The number of aryl methyl sites for hydroxylation is 2. The van der Waals surface area contributed by atoms with Gasteiger partial charge in [-0.2, -0.15) is 5.10 Å². The molecule has 27 heavy (non-hydrogen) atoms. The van der Waals surface area contributed by atoms with Gasteiger partial charge in [0, 0.05) is 49.5 Å². The first-order valence-electron chi connectivity index (χ1n) is 9.28. The van der Waals surface area contributed by atoms with Crippen LogP contribution in [0.5, 0.6) is 0 Å². The summed E-state index contributed by atoms with van der Waals surface area (Å²) in [7, 11) is 1.95. The molecule has 0 amide bonds. The lowest BCUT2D eigenvalue weighted by Crippen LogP contribution is -2.34. The van der Waals surface area contributed by atoms with Crippen LogP contribution in [-0.4, -0.2) is 41.2 Å². The summed E-state index contributed by atoms with van der Waals surface area (Å²) in [5.74, 6) is 2.13. The number of anilines is 2. The number of hydrogen-bond acceptors (Lipinski definition) is 7. The monoisotopic (exact) mass is 364 g/mol. The molecule has 0 bridgehead atoms. The average Bonchev–Trinajstić information content (AvgIpc) is 3.07. The van der Waals surface area contributed by atoms with Gasteiger partial charge >= 0.3 is 0 Å². The second-order valence-electron chi connectivity index (χ2n) is 6.95. The molecule has 1 aliphatic rings. The van der Waals surface area contributed by atoms with Crippen LogP contribution in [0.1, 0.15) is 42.4 Å². The maximum Gasteiger partial charge on any atom is 0.228 e. The summed E-state index contributed by atoms with van der Waals surface area (Å²) in [6.45, 7) is 3.90. The minimum absolute atomic E-state index is 0.205. The molecule has 1 saturated heterocycles. The van der Waals surface area contributed by atoms with E-state index in [1.54, 1.807) is 18.5 Å². The molecule has 8 nitrogen and oxygen atoms in total. The lowest BCUT2D eigenvalue weighted by atomic mass is 10.0. The van der Waals surface area contributed by atoms with Gasteiger partial charge in [0.05, 0.1) is 12.2 Å². The van der Waals surface area contributed by atoms with Gasteiger partial charge in [-0.3, -0.25) is 9.58 Å². The molecule has 0 aliphatic carbocycles. The Bertz CT molecular complexity index is 892. The van der Waals surface area contributed by atoms with E-state index in [4.69, 9.17) is 9.97 Å². The van der Waals surface area contributed by atoms with Gasteiger partial charge in [-0.05, 0) is 32.4 Å². The molecule has 140 valence electrons. The maximum atomic E-state index is 4.78. The lowest BCUT2D eigenvalue weighted by molar-refractivity contribution is 0.133. The number of aromatic nitrogens is 6. The van der Waals surface area contributed by atoms with Crippen molar-refractivity contribution in [3.63, 3.8) is 0 Å². The Hall–Kier alpha value is -2.87. The van der Waals surface area contributed by atoms with Gasteiger partial charge in [-0.15, -0.1) is 0 Å². The van der Waals surface area contributed by atoms with Gasteiger partial charge < -0.3 is 5.32 Å². The minimum atomic E-state index is 0.205. The van der Waals surface area contributed by atoms with Crippen LogP contribution in [-0.2, 0) is 13.6 Å². The number of nitrogens with one attached hydrogen (secondary N) is 1. The van der Waals surface area contributed by atoms with E-state index in [9.17, 15) is 0 Å². The number of nitrogens with zero attached hydrogens (tertiary/aromatic N) is 7. The largest absolute Gasteiger partial charge is 0.309 e. The van der Waals surface area contributed by atoms with Crippen LogP contribution in [0.25, 0.3) is 0 Å². The fourth-order valence-electron chi connectivity index (χ4n) is 3.54. The SMILES string of the molecule is Cc1cc(Nc2ncccn2)nc(C2CCCCN2Cc2cnn(C)c2)n1. The molecule has 1 fully saturated rings. The Labute approximate surface area is 158 Å². The van der Waals surface area contributed by atoms with E-state index in [1.807, 2.05) is 30.9 Å². The summed E-state index contributed by atoms with van der Waals surface area (Å²) < 4.78 is 1.85. The Morgan fingerprint density at radius 2 is 2.04 bits per heavy atom. The van der Waals surface area contributed by atoms with Crippen LogP contribution >= 0.6 is 0 Å². The second kappa shape index (κ2) is 7.79. The van der Waals surface area contributed by atoms with Gasteiger partial charge in [-0.25, -0.2) is 19.9 Å². The quantitative estimate of drug-likeness (QED) is 0.745. The summed E-state index contributed by atoms with van der Waals surface area (Å²) in [5.41, 5.74) is 2.15. The molecular weight excluding hydrogens is 340 g/mol. The van der Waals surface area contributed by atoms with Crippen molar-refractivity contribution >= 4 is 11.8 Å². The zero-order valence-corrected chi connectivity index (χ0v) is 15.7. The third-order valence-electron chi connectivity index (χ3n) is 4.73. The summed E-state index contributed by atoms with van der Waals surface area (Å²) >= 11 is 0. The molecule has 1 unspecified atom stereocenters. The predicted octanol–water partition coefficient (Wildman–Crippen LogP) is 2.78. The van der Waals surface area contributed by atoms with Crippen molar-refractivity contribution in [2.24, 2.45) is 7.05 Å². The maximum absolute atomic E-state index is 4.78. The van der Waals surface area contributed by atoms with Gasteiger partial charge in [0.15, 0.2) is 0 Å². The highest BCUT2D eigenvalue weighted by Crippen LogP contribution is 2.31. The van der Waals surface area contributed by atoms with Gasteiger partial charge in [0.1, 0.15) is 11.6 Å². The molecule has 0 radical (unpaired) electrons. The fourth-order valence-corrected chi connectivity index (χ4v) is 3.54. The van der Waals surface area contributed by atoms with Crippen LogP contribution in [0.3, 0.4) is 0 Å². The van der Waals surface area contributed by atoms with Crippen molar-refractivity contribution in [3.05, 3.63) is 54.0 Å². The average molecular weight is 364 g/mol. The van der Waals surface area contributed by atoms with Crippen LogP contribution in [0.2, 0.25) is 0 Å². The molecule has 3 aromatic rings. The van der Waals surface area contributed by atoms with E-state index < -0.39 is 0 Å². The normalized spacial score (nSPS) is 17.8. The summed E-state index contributed by atoms with van der Waals surface area (Å²) in [6, 6.07) is 3.92. The van der Waals surface area contributed by atoms with E-state index in [1.165, 1.54) is 18.4 Å². The standard InChI is InChI=1S/C19H24N8/c1-14-10-17(25-19-20-7-5-8-21-19)24-18(23-14)16-6-3-4-9-27(16)13-15-11-22-26(2)12-15/h5,7-8,10-12,16H,3-4,6,9,13H2,1-2H3,(H,20,21,23,24,25). The number of rotatable bonds is 5. The summed E-state index contributed by atoms with van der Waals surface area (Å²) in [5, 5.41) is 7.48. The highest BCUT2D eigenvalue weighted by atomic mass is 15.3. The Kier molecular flexibility index (Phi) is 5.06. The minimum Gasteiger partial charge on any atom is -0.309 e. The van der Waals surface area contributed by atoms with Gasteiger partial charge in [0.2, 0.25) is 5.95 Å². The highest BCUT2D eigenvalue weighted by molar-refractivity contribution is 5.47. The molecule has 1 N–H and O–H groups in total. The zero-order chi connectivity index (χ0) is 18.6. The lowest BCUT2D eigenvalue weighted by Gasteiger charge is -2.34. The number of likely N-dealkylation sites (tertiary alicyclic amines) is 1. The van der Waals surface area contributed by atoms with Crippen molar-refractivity contribution in [3.8, 4) is 0 Å². The summed E-state index contributed by atoms with van der Waals surface area (Å²) in [4.78, 5) is 20.4. The molecule has 1 aliphatic heterocycles. The number of hydrogen-bond donors (Lipinski definition) is 1. The van der Waals surface area contributed by atoms with Crippen molar-refractivity contribution < 1.29 is 0 Å². The van der Waals surface area contributed by atoms with E-state index in [2.05, 4.69) is 31.5 Å². The van der Waals surface area contributed by atoms with E-state index in [0.717, 1.165) is 36.8 Å². The van der Waals surface area contributed by atoms with Crippen LogP contribution in [0.4, 0.5) is 11.8 Å². The van der Waals surface area contributed by atoms with Gasteiger partial charge in [-0.1, -0.05) is 6.42 Å². The Balaban J connectivity index is 1.58. The van der Waals surface area contributed by atoms with Gasteiger partial charge in [0.25, 0.3) is 0 Å². The molecule has 3 aromatic heterocycles. The molecular formula is C19H24N8. The first-order valence-corrected chi connectivity index (χ1v) is 9.28. The van der Waals surface area contributed by atoms with Crippen LogP contribution < -0.4 is 5.32 Å². The topological polar surface area (TPSA) is 84.7 Å². The Morgan fingerprint density at radius 1 is 1.19 bits per heavy atom. The molecule has 0 saturated carbocycles. The molecule has 0 spiro atoms. The molecule has 0 aromatic carbocycles. The van der Waals surface area contributed by atoms with Crippen molar-refractivity contribution in [1.82, 2.24) is 34.6 Å². The first kappa shape index (κ1) is 17.5. The second-order valence-corrected chi connectivity index (χ2v) is 6.95. The van der Waals surface area contributed by atoms with Crippen molar-refractivity contribution in [1.29, 1.82) is 0 Å². The van der Waals surface area contributed by atoms with E-state index in [0.29, 0.717) is 5.95 Å². The molecule has 4 heterocycles. The fraction of sp³-hybridized carbons (Fsp3) is 0.421.